The molecule has 0 bridgehead atoms. The summed E-state index contributed by atoms with van der Waals surface area (Å²) in [6.45, 7) is 5.16. The van der Waals surface area contributed by atoms with Gasteiger partial charge in [0, 0.05) is 38.4 Å². The number of piperazine rings is 1. The quantitative estimate of drug-likeness (QED) is 0.438. The molecule has 1 saturated heterocycles. The van der Waals surface area contributed by atoms with E-state index in [-0.39, 0.29) is 11.7 Å². The smallest absolute Gasteiger partial charge is 0.355 e. The molecular formula is C29H33N5O3. The molecule has 3 heterocycles. The maximum Gasteiger partial charge on any atom is 0.355 e. The van der Waals surface area contributed by atoms with Crippen LogP contribution in [0.4, 0.5) is 0 Å². The topological polar surface area (TPSA) is 82.0 Å². The average Bonchev–Trinajstić information content (AvgIpc) is 2.94. The van der Waals surface area contributed by atoms with Crippen LogP contribution in [-0.2, 0) is 4.79 Å². The van der Waals surface area contributed by atoms with Crippen molar-refractivity contribution in [3.05, 3.63) is 117 Å². The van der Waals surface area contributed by atoms with Crippen LogP contribution in [-0.4, -0.2) is 64.3 Å². The molecule has 5 rings (SSSR count). The van der Waals surface area contributed by atoms with Crippen molar-refractivity contribution < 1.29 is 9.72 Å². The summed E-state index contributed by atoms with van der Waals surface area (Å²) in [6, 6.07) is 20.6. The fraction of sp³-hybridized carbons (Fsp3) is 0.345. The molecule has 0 aromatic heterocycles. The van der Waals surface area contributed by atoms with E-state index in [0.29, 0.717) is 25.3 Å². The number of fused-ring (bicyclic) bond motifs is 1. The van der Waals surface area contributed by atoms with Crippen molar-refractivity contribution in [2.24, 2.45) is 0 Å². The molecule has 0 saturated carbocycles. The highest BCUT2D eigenvalue weighted by atomic mass is 16.6. The van der Waals surface area contributed by atoms with Gasteiger partial charge >= 0.3 is 11.6 Å². The molecule has 0 aliphatic carbocycles. The Bertz CT molecular complexity index is 1180. The number of hydrogen-bond donors (Lipinski definition) is 1. The van der Waals surface area contributed by atoms with Gasteiger partial charge in [0.1, 0.15) is 11.7 Å². The highest BCUT2D eigenvalue weighted by molar-refractivity contribution is 5.95. The lowest BCUT2D eigenvalue weighted by molar-refractivity contribution is -0.423. The number of hydrogen-bond acceptors (Lipinski definition) is 6. The van der Waals surface area contributed by atoms with Crippen LogP contribution < -0.4 is 5.32 Å². The van der Waals surface area contributed by atoms with Gasteiger partial charge in [0.05, 0.1) is 11.0 Å². The van der Waals surface area contributed by atoms with Crippen molar-refractivity contribution in [1.29, 1.82) is 0 Å². The maximum absolute atomic E-state index is 13.4. The van der Waals surface area contributed by atoms with Crippen LogP contribution in [0.5, 0.6) is 0 Å². The average molecular weight is 500 g/mol. The first kappa shape index (κ1) is 24.8. The van der Waals surface area contributed by atoms with E-state index in [1.807, 2.05) is 36.1 Å². The minimum Gasteiger partial charge on any atom is -0.377 e. The van der Waals surface area contributed by atoms with E-state index < -0.39 is 16.9 Å². The molecule has 192 valence electrons. The summed E-state index contributed by atoms with van der Waals surface area (Å²) >= 11 is 0. The first-order chi connectivity index (χ1) is 18.1. The van der Waals surface area contributed by atoms with Crippen molar-refractivity contribution in [3.63, 3.8) is 0 Å². The predicted octanol–water partition coefficient (Wildman–Crippen LogP) is 3.89. The van der Waals surface area contributed by atoms with Gasteiger partial charge in [0.2, 0.25) is 0 Å². The summed E-state index contributed by atoms with van der Waals surface area (Å²) in [5.74, 6) is -0.512. The van der Waals surface area contributed by atoms with E-state index >= 15 is 0 Å². The van der Waals surface area contributed by atoms with Crippen molar-refractivity contribution in [2.45, 2.75) is 31.8 Å². The van der Waals surface area contributed by atoms with Crippen molar-refractivity contribution in [2.75, 3.05) is 32.7 Å². The second-order valence-corrected chi connectivity index (χ2v) is 9.60. The molecule has 0 radical (unpaired) electrons. The zero-order chi connectivity index (χ0) is 25.8. The van der Waals surface area contributed by atoms with E-state index in [1.54, 1.807) is 11.1 Å². The zero-order valence-electron chi connectivity index (χ0n) is 21.1. The number of carbonyl (C=O) groups is 1. The highest BCUT2D eigenvalue weighted by Crippen LogP contribution is 2.35. The van der Waals surface area contributed by atoms with E-state index in [2.05, 4.69) is 58.7 Å². The minimum atomic E-state index is -0.512. The normalized spacial score (nSPS) is 20.1. The van der Waals surface area contributed by atoms with Gasteiger partial charge in [-0.05, 0) is 35.9 Å². The summed E-state index contributed by atoms with van der Waals surface area (Å²) in [7, 11) is 0. The van der Waals surface area contributed by atoms with Crippen LogP contribution in [0, 0.1) is 10.1 Å². The standard InChI is InChI=1S/C29H33N5O3/c1-2-3-17-33-24-15-10-16-30-25(24)27(28(29(33)35)34(36)37)32-20-18-31(19-21-32)26(22-11-6-4-7-12-22)23-13-8-5-9-14-23/h4-16,25-26,30H,2-3,17-21H2,1H3. The number of nitrogens with one attached hydrogen (secondary N) is 1. The molecule has 8 nitrogen and oxygen atoms in total. The highest BCUT2D eigenvalue weighted by Gasteiger charge is 2.47. The Balaban J connectivity index is 1.44. The summed E-state index contributed by atoms with van der Waals surface area (Å²) in [6.07, 6.45) is 7.26. The van der Waals surface area contributed by atoms with Gasteiger partial charge in [-0.15, -0.1) is 0 Å². The molecule has 1 amide bonds. The molecule has 3 aliphatic heterocycles. The molecule has 3 aliphatic rings. The van der Waals surface area contributed by atoms with Gasteiger partial charge in [0.15, 0.2) is 0 Å². The third kappa shape index (κ3) is 4.89. The third-order valence-electron chi connectivity index (χ3n) is 7.37. The number of nitro groups is 1. The summed E-state index contributed by atoms with van der Waals surface area (Å²) < 4.78 is 0. The van der Waals surface area contributed by atoms with Crippen molar-refractivity contribution in [3.8, 4) is 0 Å². The third-order valence-corrected chi connectivity index (χ3v) is 7.37. The van der Waals surface area contributed by atoms with Crippen LogP contribution in [0.2, 0.25) is 0 Å². The summed E-state index contributed by atoms with van der Waals surface area (Å²) in [5, 5.41) is 15.6. The Morgan fingerprint density at radius 1 is 1.00 bits per heavy atom. The lowest BCUT2D eigenvalue weighted by Gasteiger charge is -2.45. The van der Waals surface area contributed by atoms with Crippen LogP contribution >= 0.6 is 0 Å². The molecule has 1 unspecified atom stereocenters. The number of rotatable bonds is 8. The Morgan fingerprint density at radius 3 is 2.19 bits per heavy atom. The molecule has 1 atom stereocenters. The maximum atomic E-state index is 13.4. The lowest BCUT2D eigenvalue weighted by Crippen LogP contribution is -2.56. The second kappa shape index (κ2) is 11.0. The van der Waals surface area contributed by atoms with Crippen LogP contribution in [0.3, 0.4) is 0 Å². The molecule has 37 heavy (non-hydrogen) atoms. The minimum absolute atomic E-state index is 0.0947. The Morgan fingerprint density at radius 2 is 1.62 bits per heavy atom. The summed E-state index contributed by atoms with van der Waals surface area (Å²) in [4.78, 5) is 31.2. The lowest BCUT2D eigenvalue weighted by atomic mass is 9.95. The van der Waals surface area contributed by atoms with E-state index in [4.69, 9.17) is 0 Å². The number of allylic oxidation sites excluding steroid dienone is 2. The van der Waals surface area contributed by atoms with Gasteiger partial charge in [0.25, 0.3) is 0 Å². The van der Waals surface area contributed by atoms with Gasteiger partial charge in [-0.25, -0.2) is 0 Å². The van der Waals surface area contributed by atoms with Crippen molar-refractivity contribution >= 4 is 5.91 Å². The monoisotopic (exact) mass is 499 g/mol. The van der Waals surface area contributed by atoms with Crippen molar-refractivity contribution in [1.82, 2.24) is 20.0 Å². The molecule has 1 N–H and O–H groups in total. The second-order valence-electron chi connectivity index (χ2n) is 9.60. The van der Waals surface area contributed by atoms with Gasteiger partial charge in [-0.1, -0.05) is 74.0 Å². The number of unbranched alkanes of at least 4 members (excludes halogenated alkanes) is 1. The van der Waals surface area contributed by atoms with Crippen LogP contribution in [0.25, 0.3) is 0 Å². The number of dihydropyridines is 1. The van der Waals surface area contributed by atoms with E-state index in [1.165, 1.54) is 11.1 Å². The molecule has 8 heteroatoms. The molecule has 1 fully saturated rings. The number of carbonyl (C=O) groups excluding carboxylic acids is 1. The Kier molecular flexibility index (Phi) is 7.37. The van der Waals surface area contributed by atoms with E-state index in [0.717, 1.165) is 31.6 Å². The number of benzene rings is 2. The van der Waals surface area contributed by atoms with E-state index in [9.17, 15) is 14.9 Å². The summed E-state index contributed by atoms with van der Waals surface area (Å²) in [5.41, 5.74) is 3.40. The molecule has 0 spiro atoms. The van der Waals surface area contributed by atoms with Gasteiger partial charge < -0.3 is 15.1 Å². The molecular weight excluding hydrogens is 466 g/mol. The molecule has 2 aromatic carbocycles. The molecule has 2 aromatic rings. The Labute approximate surface area is 217 Å². The Hall–Kier alpha value is -3.91. The largest absolute Gasteiger partial charge is 0.377 e. The fourth-order valence-electron chi connectivity index (χ4n) is 5.59. The van der Waals surface area contributed by atoms with Crippen LogP contribution in [0.15, 0.2) is 96.1 Å². The SMILES string of the molecule is CCCCN1C(=O)C([N+](=O)[O-])=C(N2CCN(C(c3ccccc3)c3ccccc3)CC2)C2NC=CC=C21. The van der Waals surface area contributed by atoms with Gasteiger partial charge in [-0.2, -0.15) is 0 Å². The number of nitrogens with zero attached hydrogens (tertiary/aromatic N) is 4. The first-order valence-electron chi connectivity index (χ1n) is 13.0. The zero-order valence-corrected chi connectivity index (χ0v) is 21.1. The fourth-order valence-corrected chi connectivity index (χ4v) is 5.59. The first-order valence-corrected chi connectivity index (χ1v) is 13.0. The van der Waals surface area contributed by atoms with Crippen LogP contribution in [0.1, 0.15) is 36.9 Å². The predicted molar refractivity (Wildman–Crippen MR) is 143 cm³/mol. The van der Waals surface area contributed by atoms with Gasteiger partial charge in [-0.3, -0.25) is 19.8 Å². The number of amides is 1.